The SMILES string of the molecule is CN1CCN(C)c2cc(C3(N=C=O)CC3)ccc21. The van der Waals surface area contributed by atoms with Gasteiger partial charge in [-0.25, -0.2) is 4.79 Å². The highest BCUT2D eigenvalue weighted by Crippen LogP contribution is 2.50. The Bertz CT molecular complexity index is 530. The Morgan fingerprint density at radius 2 is 1.83 bits per heavy atom. The fourth-order valence-electron chi connectivity index (χ4n) is 2.65. The third kappa shape index (κ3) is 1.61. The van der Waals surface area contributed by atoms with Gasteiger partial charge in [-0.1, -0.05) is 6.07 Å². The lowest BCUT2D eigenvalue weighted by Gasteiger charge is -2.35. The van der Waals surface area contributed by atoms with Gasteiger partial charge in [-0.05, 0) is 30.5 Å². The summed E-state index contributed by atoms with van der Waals surface area (Å²) in [5, 5.41) is 0. The first-order valence-electron chi connectivity index (χ1n) is 6.32. The van der Waals surface area contributed by atoms with E-state index in [4.69, 9.17) is 0 Å². The summed E-state index contributed by atoms with van der Waals surface area (Å²) in [7, 11) is 4.22. The minimum Gasteiger partial charge on any atom is -0.371 e. The second-order valence-corrected chi connectivity index (χ2v) is 5.28. The van der Waals surface area contributed by atoms with E-state index >= 15 is 0 Å². The molecule has 3 rings (SSSR count). The van der Waals surface area contributed by atoms with E-state index in [1.54, 1.807) is 6.08 Å². The van der Waals surface area contributed by atoms with E-state index in [9.17, 15) is 4.79 Å². The lowest BCUT2D eigenvalue weighted by atomic mass is 10.0. The maximum Gasteiger partial charge on any atom is 0.235 e. The molecule has 1 fully saturated rings. The molecule has 0 unspecified atom stereocenters. The molecule has 0 bridgehead atoms. The molecule has 1 heterocycles. The fraction of sp³-hybridized carbons (Fsp3) is 0.500. The topological polar surface area (TPSA) is 35.9 Å². The smallest absolute Gasteiger partial charge is 0.235 e. The molecular weight excluding hydrogens is 226 g/mol. The normalized spacial score (nSPS) is 20.1. The molecule has 0 radical (unpaired) electrons. The Kier molecular flexibility index (Phi) is 2.42. The van der Waals surface area contributed by atoms with Crippen LogP contribution in [0.2, 0.25) is 0 Å². The van der Waals surface area contributed by atoms with Crippen molar-refractivity contribution in [2.45, 2.75) is 18.4 Å². The quantitative estimate of drug-likeness (QED) is 0.588. The first kappa shape index (κ1) is 11.3. The maximum atomic E-state index is 10.5. The fourth-order valence-corrected chi connectivity index (χ4v) is 2.65. The second kappa shape index (κ2) is 3.85. The number of likely N-dealkylation sites (N-methyl/N-ethyl adjacent to an activating group) is 2. The van der Waals surface area contributed by atoms with Crippen LogP contribution < -0.4 is 9.80 Å². The van der Waals surface area contributed by atoms with Crippen molar-refractivity contribution in [2.75, 3.05) is 37.0 Å². The maximum absolute atomic E-state index is 10.5. The van der Waals surface area contributed by atoms with Crippen LogP contribution in [0, 0.1) is 0 Å². The molecule has 0 aromatic heterocycles. The summed E-state index contributed by atoms with van der Waals surface area (Å²) in [4.78, 5) is 19.1. The molecule has 4 nitrogen and oxygen atoms in total. The molecule has 0 N–H and O–H groups in total. The highest BCUT2D eigenvalue weighted by Gasteiger charge is 2.45. The Balaban J connectivity index is 2.05. The zero-order valence-corrected chi connectivity index (χ0v) is 10.8. The van der Waals surface area contributed by atoms with Crippen LogP contribution in [-0.2, 0) is 10.3 Å². The van der Waals surface area contributed by atoms with Crippen LogP contribution >= 0.6 is 0 Å². The summed E-state index contributed by atoms with van der Waals surface area (Å²) in [6.07, 6.45) is 3.64. The van der Waals surface area contributed by atoms with Crippen molar-refractivity contribution >= 4 is 17.5 Å². The molecule has 18 heavy (non-hydrogen) atoms. The van der Waals surface area contributed by atoms with Crippen LogP contribution in [-0.4, -0.2) is 33.3 Å². The largest absolute Gasteiger partial charge is 0.371 e. The Morgan fingerprint density at radius 1 is 1.17 bits per heavy atom. The first-order valence-corrected chi connectivity index (χ1v) is 6.32. The number of benzene rings is 1. The van der Waals surface area contributed by atoms with E-state index in [2.05, 4.69) is 47.1 Å². The average molecular weight is 243 g/mol. The highest BCUT2D eigenvalue weighted by molar-refractivity contribution is 5.74. The molecule has 0 atom stereocenters. The molecule has 1 saturated carbocycles. The number of carbonyl (C=O) groups excluding carboxylic acids is 1. The molecule has 94 valence electrons. The zero-order valence-electron chi connectivity index (χ0n) is 10.8. The van der Waals surface area contributed by atoms with E-state index in [1.807, 2.05) is 0 Å². The van der Waals surface area contributed by atoms with E-state index < -0.39 is 0 Å². The summed E-state index contributed by atoms with van der Waals surface area (Å²) < 4.78 is 0. The minimum absolute atomic E-state index is 0.270. The highest BCUT2D eigenvalue weighted by atomic mass is 16.1. The molecular formula is C14H17N3O. The van der Waals surface area contributed by atoms with Gasteiger partial charge in [0.25, 0.3) is 0 Å². The molecule has 0 amide bonds. The van der Waals surface area contributed by atoms with Gasteiger partial charge in [-0.3, -0.25) is 0 Å². The van der Waals surface area contributed by atoms with E-state index in [-0.39, 0.29) is 5.54 Å². The predicted molar refractivity (Wildman–Crippen MR) is 72.0 cm³/mol. The minimum atomic E-state index is -0.270. The van der Waals surface area contributed by atoms with Gasteiger partial charge < -0.3 is 9.80 Å². The molecule has 1 aliphatic heterocycles. The predicted octanol–water partition coefficient (Wildman–Crippen LogP) is 1.90. The molecule has 1 aromatic carbocycles. The van der Waals surface area contributed by atoms with Crippen LogP contribution in [0.5, 0.6) is 0 Å². The van der Waals surface area contributed by atoms with Crippen molar-refractivity contribution in [1.82, 2.24) is 0 Å². The number of nitrogens with zero attached hydrogens (tertiary/aromatic N) is 3. The van der Waals surface area contributed by atoms with Crippen molar-refractivity contribution in [3.05, 3.63) is 23.8 Å². The first-order chi connectivity index (χ1) is 8.66. The van der Waals surface area contributed by atoms with Crippen LogP contribution in [0.1, 0.15) is 18.4 Å². The van der Waals surface area contributed by atoms with Crippen molar-refractivity contribution in [3.63, 3.8) is 0 Å². The van der Waals surface area contributed by atoms with Crippen molar-refractivity contribution in [2.24, 2.45) is 4.99 Å². The van der Waals surface area contributed by atoms with Crippen LogP contribution in [0.25, 0.3) is 0 Å². The summed E-state index contributed by atoms with van der Waals surface area (Å²) >= 11 is 0. The number of isocyanates is 1. The van der Waals surface area contributed by atoms with Gasteiger partial charge in [0, 0.05) is 27.2 Å². The molecule has 4 heteroatoms. The number of anilines is 2. The monoisotopic (exact) mass is 243 g/mol. The average Bonchev–Trinajstić information content (AvgIpc) is 3.15. The summed E-state index contributed by atoms with van der Waals surface area (Å²) in [5.74, 6) is 0. The standard InChI is InChI=1S/C14H17N3O/c1-16-7-8-17(2)13-9-11(3-4-12(13)16)14(5-6-14)15-10-18/h3-4,9H,5-8H2,1-2H3. The molecule has 0 spiro atoms. The van der Waals surface area contributed by atoms with E-state index in [0.29, 0.717) is 0 Å². The summed E-state index contributed by atoms with van der Waals surface area (Å²) in [6, 6.07) is 6.42. The molecule has 1 aliphatic carbocycles. The lowest BCUT2D eigenvalue weighted by molar-refractivity contribution is 0.556. The van der Waals surface area contributed by atoms with Crippen LogP contribution in [0.3, 0.4) is 0 Å². The van der Waals surface area contributed by atoms with E-state index in [1.165, 1.54) is 11.4 Å². The molecule has 1 aromatic rings. The molecule has 0 saturated heterocycles. The summed E-state index contributed by atoms with van der Waals surface area (Å²) in [5.41, 5.74) is 3.35. The van der Waals surface area contributed by atoms with Gasteiger partial charge in [0.15, 0.2) is 0 Å². The number of rotatable bonds is 2. The third-order valence-electron chi connectivity index (χ3n) is 4.09. The third-order valence-corrected chi connectivity index (χ3v) is 4.09. The lowest BCUT2D eigenvalue weighted by Crippen LogP contribution is -2.36. The van der Waals surface area contributed by atoms with Gasteiger partial charge in [0.2, 0.25) is 6.08 Å². The van der Waals surface area contributed by atoms with Gasteiger partial charge >= 0.3 is 0 Å². The van der Waals surface area contributed by atoms with Gasteiger partial charge in [0.05, 0.1) is 16.9 Å². The molecule has 2 aliphatic rings. The number of hydrogen-bond donors (Lipinski definition) is 0. The number of fused-ring (bicyclic) bond motifs is 1. The van der Waals surface area contributed by atoms with Gasteiger partial charge in [-0.2, -0.15) is 4.99 Å². The van der Waals surface area contributed by atoms with Crippen LogP contribution in [0.4, 0.5) is 11.4 Å². The number of hydrogen-bond acceptors (Lipinski definition) is 4. The number of aliphatic imine (C=N–C) groups is 1. The van der Waals surface area contributed by atoms with Gasteiger partial charge in [0.1, 0.15) is 0 Å². The van der Waals surface area contributed by atoms with Crippen molar-refractivity contribution in [1.29, 1.82) is 0 Å². The zero-order chi connectivity index (χ0) is 12.8. The second-order valence-electron chi connectivity index (χ2n) is 5.28. The van der Waals surface area contributed by atoms with E-state index in [0.717, 1.165) is 31.5 Å². The van der Waals surface area contributed by atoms with Crippen molar-refractivity contribution in [3.8, 4) is 0 Å². The Morgan fingerprint density at radius 3 is 2.44 bits per heavy atom. The Labute approximate surface area is 107 Å². The van der Waals surface area contributed by atoms with Gasteiger partial charge in [-0.15, -0.1) is 0 Å². The Hall–Kier alpha value is -1.80. The van der Waals surface area contributed by atoms with Crippen LogP contribution in [0.15, 0.2) is 23.2 Å². The van der Waals surface area contributed by atoms with Crippen molar-refractivity contribution < 1.29 is 4.79 Å². The summed E-state index contributed by atoms with van der Waals surface area (Å²) in [6.45, 7) is 2.07.